The van der Waals surface area contributed by atoms with Gasteiger partial charge in [0, 0.05) is 12.6 Å². The van der Waals surface area contributed by atoms with Crippen LogP contribution >= 0.6 is 12.4 Å². The van der Waals surface area contributed by atoms with Gasteiger partial charge in [0.25, 0.3) is 0 Å². The number of rotatable bonds is 2. The van der Waals surface area contributed by atoms with Gasteiger partial charge in [-0.05, 0) is 31.5 Å². The van der Waals surface area contributed by atoms with E-state index < -0.39 is 0 Å². The molecule has 0 saturated carbocycles. The molecule has 16 heavy (non-hydrogen) atoms. The lowest BCUT2D eigenvalue weighted by Crippen LogP contribution is -2.16. The van der Waals surface area contributed by atoms with Gasteiger partial charge in [-0.15, -0.1) is 12.4 Å². The summed E-state index contributed by atoms with van der Waals surface area (Å²) in [6, 6.07) is 5.65. The van der Waals surface area contributed by atoms with Crippen LogP contribution in [0.1, 0.15) is 25.5 Å². The molecule has 0 atom stereocenters. The molecule has 0 aliphatic carbocycles. The average Bonchev–Trinajstić information content (AvgIpc) is 2.52. The van der Waals surface area contributed by atoms with Gasteiger partial charge in [0.2, 0.25) is 0 Å². The molecular weight excluding hydrogens is 228 g/mol. The van der Waals surface area contributed by atoms with E-state index >= 15 is 0 Å². The van der Waals surface area contributed by atoms with Crippen molar-refractivity contribution in [1.29, 1.82) is 0 Å². The summed E-state index contributed by atoms with van der Waals surface area (Å²) in [5.74, 6) is -0.311. The third kappa shape index (κ3) is 1.99. The Balaban J connectivity index is 0.00000128. The lowest BCUT2D eigenvalue weighted by Gasteiger charge is -2.05. The van der Waals surface area contributed by atoms with Crippen molar-refractivity contribution >= 4 is 23.5 Å². The topological polar surface area (TPSA) is 61.2 Å². The van der Waals surface area contributed by atoms with E-state index in [0.717, 1.165) is 11.1 Å². The molecule has 0 unspecified atom stereocenters. The minimum absolute atomic E-state index is 0. The standard InChI is InChI=1S/C11H14N2O2.ClH/c1-7(2)13-9-5-8(6-12)3-4-10(9)15-11(13)14;/h3-5,7H,6,12H2,1-2H3;1H. The molecule has 0 spiro atoms. The number of oxazole rings is 1. The molecule has 2 aromatic rings. The van der Waals surface area contributed by atoms with Crippen LogP contribution in [0.2, 0.25) is 0 Å². The Bertz CT molecular complexity index is 542. The molecule has 0 fully saturated rings. The number of benzene rings is 1. The molecule has 2 rings (SSSR count). The summed E-state index contributed by atoms with van der Waals surface area (Å²) in [6.07, 6.45) is 0. The lowest BCUT2D eigenvalue weighted by atomic mass is 10.2. The summed E-state index contributed by atoms with van der Waals surface area (Å²) in [6.45, 7) is 4.37. The maximum atomic E-state index is 11.5. The molecule has 88 valence electrons. The van der Waals surface area contributed by atoms with Crippen molar-refractivity contribution in [1.82, 2.24) is 4.57 Å². The molecule has 2 N–H and O–H groups in total. The van der Waals surface area contributed by atoms with E-state index in [1.54, 1.807) is 10.6 Å². The highest BCUT2D eigenvalue weighted by Crippen LogP contribution is 2.18. The fourth-order valence-electron chi connectivity index (χ4n) is 1.70. The number of halogens is 1. The Morgan fingerprint density at radius 3 is 2.69 bits per heavy atom. The molecule has 0 aliphatic heterocycles. The van der Waals surface area contributed by atoms with Gasteiger partial charge < -0.3 is 10.2 Å². The second-order valence-corrected chi connectivity index (χ2v) is 3.84. The normalized spacial score (nSPS) is 10.8. The molecule has 5 heteroatoms. The van der Waals surface area contributed by atoms with E-state index in [1.165, 1.54) is 0 Å². The summed E-state index contributed by atoms with van der Waals surface area (Å²) in [5.41, 5.74) is 7.99. The van der Waals surface area contributed by atoms with Crippen molar-refractivity contribution in [3.8, 4) is 0 Å². The van der Waals surface area contributed by atoms with E-state index in [4.69, 9.17) is 10.2 Å². The van der Waals surface area contributed by atoms with Gasteiger partial charge in [0.15, 0.2) is 5.58 Å². The van der Waals surface area contributed by atoms with Crippen LogP contribution in [0.15, 0.2) is 27.4 Å². The number of hydrogen-bond donors (Lipinski definition) is 1. The lowest BCUT2D eigenvalue weighted by molar-refractivity contribution is 0.478. The first-order valence-electron chi connectivity index (χ1n) is 4.97. The van der Waals surface area contributed by atoms with Crippen LogP contribution in [-0.2, 0) is 6.54 Å². The van der Waals surface area contributed by atoms with Gasteiger partial charge in [-0.25, -0.2) is 4.79 Å². The van der Waals surface area contributed by atoms with Crippen molar-refractivity contribution < 1.29 is 4.42 Å². The third-order valence-corrected chi connectivity index (χ3v) is 2.43. The van der Waals surface area contributed by atoms with Crippen LogP contribution in [0.25, 0.3) is 11.1 Å². The van der Waals surface area contributed by atoms with Crippen LogP contribution in [-0.4, -0.2) is 4.57 Å². The molecule has 0 amide bonds. The van der Waals surface area contributed by atoms with Gasteiger partial charge >= 0.3 is 5.76 Å². The first kappa shape index (κ1) is 12.8. The van der Waals surface area contributed by atoms with E-state index in [9.17, 15) is 4.79 Å². The first-order chi connectivity index (χ1) is 7.13. The van der Waals surface area contributed by atoms with Gasteiger partial charge in [-0.1, -0.05) is 6.07 Å². The Kier molecular flexibility index (Phi) is 3.78. The van der Waals surface area contributed by atoms with Gasteiger partial charge in [0.05, 0.1) is 5.52 Å². The molecule has 1 heterocycles. The van der Waals surface area contributed by atoms with Crippen LogP contribution < -0.4 is 11.5 Å². The number of nitrogens with two attached hydrogens (primary N) is 1. The largest absolute Gasteiger partial charge is 0.420 e. The predicted molar refractivity (Wildman–Crippen MR) is 66.0 cm³/mol. The highest BCUT2D eigenvalue weighted by atomic mass is 35.5. The maximum Gasteiger partial charge on any atom is 0.420 e. The maximum absolute atomic E-state index is 11.5. The van der Waals surface area contributed by atoms with E-state index in [1.807, 2.05) is 26.0 Å². The van der Waals surface area contributed by atoms with Crippen LogP contribution in [0, 0.1) is 0 Å². The van der Waals surface area contributed by atoms with E-state index in [0.29, 0.717) is 12.1 Å². The number of aromatic nitrogens is 1. The summed E-state index contributed by atoms with van der Waals surface area (Å²) >= 11 is 0. The van der Waals surface area contributed by atoms with Crippen molar-refractivity contribution in [2.75, 3.05) is 0 Å². The minimum Gasteiger partial charge on any atom is -0.408 e. The fourth-order valence-corrected chi connectivity index (χ4v) is 1.70. The quantitative estimate of drug-likeness (QED) is 0.877. The van der Waals surface area contributed by atoms with Crippen molar-refractivity contribution in [3.63, 3.8) is 0 Å². The Morgan fingerprint density at radius 2 is 2.12 bits per heavy atom. The zero-order valence-electron chi connectivity index (χ0n) is 9.27. The van der Waals surface area contributed by atoms with Crippen LogP contribution in [0.4, 0.5) is 0 Å². The van der Waals surface area contributed by atoms with Crippen LogP contribution in [0.5, 0.6) is 0 Å². The zero-order chi connectivity index (χ0) is 11.0. The van der Waals surface area contributed by atoms with Crippen molar-refractivity contribution in [2.24, 2.45) is 5.73 Å². The monoisotopic (exact) mass is 242 g/mol. The predicted octanol–water partition coefficient (Wildman–Crippen LogP) is 2.06. The summed E-state index contributed by atoms with van der Waals surface area (Å²) in [7, 11) is 0. The van der Waals surface area contributed by atoms with Crippen molar-refractivity contribution in [2.45, 2.75) is 26.4 Å². The molecule has 0 radical (unpaired) electrons. The fraction of sp³-hybridized carbons (Fsp3) is 0.364. The second kappa shape index (κ2) is 4.72. The Morgan fingerprint density at radius 1 is 1.44 bits per heavy atom. The average molecular weight is 243 g/mol. The van der Waals surface area contributed by atoms with Gasteiger partial charge in [-0.3, -0.25) is 4.57 Å². The molecule has 0 saturated heterocycles. The smallest absolute Gasteiger partial charge is 0.408 e. The number of hydrogen-bond acceptors (Lipinski definition) is 3. The zero-order valence-corrected chi connectivity index (χ0v) is 10.1. The van der Waals surface area contributed by atoms with Gasteiger partial charge in [0.1, 0.15) is 0 Å². The summed E-state index contributed by atoms with van der Waals surface area (Å²) < 4.78 is 6.76. The molecule has 1 aromatic carbocycles. The molecule has 1 aromatic heterocycles. The molecular formula is C11H15ClN2O2. The Labute approximate surface area is 99.5 Å². The number of nitrogens with zero attached hydrogens (tertiary/aromatic N) is 1. The summed E-state index contributed by atoms with van der Waals surface area (Å²) in [5, 5.41) is 0. The van der Waals surface area contributed by atoms with E-state index in [2.05, 4.69) is 0 Å². The van der Waals surface area contributed by atoms with Crippen molar-refractivity contribution in [3.05, 3.63) is 34.3 Å². The van der Waals surface area contributed by atoms with Gasteiger partial charge in [-0.2, -0.15) is 0 Å². The van der Waals surface area contributed by atoms with E-state index in [-0.39, 0.29) is 24.2 Å². The highest BCUT2D eigenvalue weighted by molar-refractivity contribution is 5.85. The number of fused-ring (bicyclic) bond motifs is 1. The highest BCUT2D eigenvalue weighted by Gasteiger charge is 2.11. The molecule has 0 bridgehead atoms. The Hall–Kier alpha value is -1.26. The minimum atomic E-state index is -0.311. The second-order valence-electron chi connectivity index (χ2n) is 3.84. The first-order valence-corrected chi connectivity index (χ1v) is 4.97. The van der Waals surface area contributed by atoms with Crippen LogP contribution in [0.3, 0.4) is 0 Å². The summed E-state index contributed by atoms with van der Waals surface area (Å²) in [4.78, 5) is 11.5. The molecule has 4 nitrogen and oxygen atoms in total. The SMILES string of the molecule is CC(C)n1c(=O)oc2ccc(CN)cc21.Cl. The molecule has 0 aliphatic rings. The third-order valence-electron chi connectivity index (χ3n) is 2.43.